The summed E-state index contributed by atoms with van der Waals surface area (Å²) in [6.45, 7) is 1.51. The maximum absolute atomic E-state index is 14.8. The van der Waals surface area contributed by atoms with Crippen molar-refractivity contribution in [2.75, 3.05) is 12.8 Å². The molecule has 166 valence electrons. The fourth-order valence-corrected chi connectivity index (χ4v) is 3.30. The van der Waals surface area contributed by atoms with Crippen molar-refractivity contribution in [2.24, 2.45) is 7.05 Å². The van der Waals surface area contributed by atoms with E-state index in [9.17, 15) is 13.6 Å². The van der Waals surface area contributed by atoms with E-state index in [1.54, 1.807) is 7.05 Å². The Morgan fingerprint density at radius 3 is 2.78 bits per heavy atom. The smallest absolute Gasteiger partial charge is 0.258 e. The first-order chi connectivity index (χ1) is 15.1. The third-order valence-corrected chi connectivity index (χ3v) is 4.94. The van der Waals surface area contributed by atoms with Gasteiger partial charge < -0.3 is 15.4 Å². The predicted octanol–water partition coefficient (Wildman–Crippen LogP) is 3.12. The van der Waals surface area contributed by atoms with Gasteiger partial charge in [-0.05, 0) is 35.0 Å². The monoisotopic (exact) mass is 505 g/mol. The Morgan fingerprint density at radius 2 is 2.12 bits per heavy atom. The molecule has 0 aliphatic heterocycles. The van der Waals surface area contributed by atoms with E-state index in [4.69, 9.17) is 15.7 Å². The number of carbonyl (C=O) groups is 1. The maximum atomic E-state index is 14.8. The molecule has 32 heavy (non-hydrogen) atoms. The molecule has 2 N–H and O–H groups in total. The zero-order chi connectivity index (χ0) is 23.6. The Balaban J connectivity index is 1.92. The van der Waals surface area contributed by atoms with Gasteiger partial charge in [0.2, 0.25) is 0 Å². The zero-order valence-corrected chi connectivity index (χ0v) is 18.9. The van der Waals surface area contributed by atoms with Gasteiger partial charge in [-0.1, -0.05) is 0 Å². The van der Waals surface area contributed by atoms with Gasteiger partial charge in [0.15, 0.2) is 5.82 Å². The van der Waals surface area contributed by atoms with Gasteiger partial charge in [-0.25, -0.2) is 18.7 Å². The lowest BCUT2D eigenvalue weighted by atomic mass is 10.0. The molecule has 1 amide bonds. The van der Waals surface area contributed by atoms with Crippen LogP contribution in [0.4, 0.5) is 14.6 Å². The van der Waals surface area contributed by atoms with Gasteiger partial charge in [0.05, 0.1) is 24.0 Å². The van der Waals surface area contributed by atoms with Crippen molar-refractivity contribution in [1.82, 2.24) is 24.6 Å². The minimum Gasteiger partial charge on any atom is -0.467 e. The lowest BCUT2D eigenvalue weighted by molar-refractivity contribution is 0.0772. The molecule has 0 aliphatic carbocycles. The largest absolute Gasteiger partial charge is 0.467 e. The van der Waals surface area contributed by atoms with Crippen LogP contribution in [0.3, 0.4) is 0 Å². The third-order valence-electron chi connectivity index (χ3n) is 4.55. The number of anilines is 1. The van der Waals surface area contributed by atoms with Gasteiger partial charge in [-0.2, -0.15) is 10.4 Å². The minimum absolute atomic E-state index is 0.00387. The first-order valence-corrected chi connectivity index (χ1v) is 10.0. The molecule has 3 rings (SSSR count). The number of carbonyl (C=O) groups excluding carboxylic acids is 1. The molecule has 0 bridgehead atoms. The Labute approximate surface area is 190 Å². The molecule has 0 aliphatic rings. The van der Waals surface area contributed by atoms with E-state index < -0.39 is 23.6 Å². The number of halogens is 3. The van der Waals surface area contributed by atoms with E-state index in [0.717, 1.165) is 6.07 Å². The number of nitrogen functional groups attached to an aromatic ring is 1. The van der Waals surface area contributed by atoms with E-state index in [1.165, 1.54) is 35.8 Å². The summed E-state index contributed by atoms with van der Waals surface area (Å²) in [4.78, 5) is 22.3. The molecule has 3 aromatic rings. The van der Waals surface area contributed by atoms with E-state index in [-0.39, 0.29) is 29.4 Å². The summed E-state index contributed by atoms with van der Waals surface area (Å²) >= 11 is 3.15. The molecule has 0 unspecified atom stereocenters. The number of aryl methyl sites for hydroxylation is 1. The van der Waals surface area contributed by atoms with Crippen LogP contribution >= 0.6 is 15.9 Å². The lowest BCUT2D eigenvalue weighted by Crippen LogP contribution is -2.29. The molecule has 1 atom stereocenters. The molecule has 0 radical (unpaired) electrons. The second-order valence-corrected chi connectivity index (χ2v) is 7.73. The summed E-state index contributed by atoms with van der Waals surface area (Å²) in [6, 6.07) is 5.14. The first-order valence-electron chi connectivity index (χ1n) is 9.22. The van der Waals surface area contributed by atoms with Crippen molar-refractivity contribution in [3.05, 3.63) is 63.1 Å². The van der Waals surface area contributed by atoms with Crippen molar-refractivity contribution in [1.29, 1.82) is 5.26 Å². The third kappa shape index (κ3) is 4.83. The molecule has 0 saturated heterocycles. The van der Waals surface area contributed by atoms with Crippen LogP contribution in [0.2, 0.25) is 0 Å². The van der Waals surface area contributed by atoms with Crippen molar-refractivity contribution in [3.63, 3.8) is 0 Å². The normalized spacial score (nSPS) is 11.7. The van der Waals surface area contributed by atoms with E-state index >= 15 is 0 Å². The number of nitriles is 1. The Hall–Kier alpha value is -3.59. The van der Waals surface area contributed by atoms with Gasteiger partial charge in [-0.3, -0.25) is 9.48 Å². The van der Waals surface area contributed by atoms with Crippen LogP contribution in [0.1, 0.15) is 40.3 Å². The van der Waals surface area contributed by atoms with Crippen molar-refractivity contribution in [2.45, 2.75) is 19.6 Å². The summed E-state index contributed by atoms with van der Waals surface area (Å²) in [6.07, 6.45) is 0.382. The van der Waals surface area contributed by atoms with E-state index in [1.807, 2.05) is 6.07 Å². The highest BCUT2D eigenvalue weighted by atomic mass is 79.9. The van der Waals surface area contributed by atoms with E-state index in [2.05, 4.69) is 31.0 Å². The average molecular weight is 506 g/mol. The molecule has 0 fully saturated rings. The van der Waals surface area contributed by atoms with Gasteiger partial charge in [-0.15, -0.1) is 0 Å². The number of amides is 1. The highest BCUT2D eigenvalue weighted by Gasteiger charge is 2.27. The Bertz CT molecular complexity index is 1230. The lowest BCUT2D eigenvalue weighted by Gasteiger charge is -2.22. The van der Waals surface area contributed by atoms with Crippen LogP contribution in [0.25, 0.3) is 0 Å². The number of nitrogens with zero attached hydrogens (tertiary/aromatic N) is 6. The van der Waals surface area contributed by atoms with Crippen LogP contribution in [0.5, 0.6) is 5.88 Å². The first kappa shape index (κ1) is 23.1. The second-order valence-electron chi connectivity index (χ2n) is 6.91. The molecular formula is C20H18BrF2N7O2. The number of nitrogens with two attached hydrogens (primary N) is 1. The van der Waals surface area contributed by atoms with Crippen molar-refractivity contribution >= 4 is 27.7 Å². The summed E-state index contributed by atoms with van der Waals surface area (Å²) in [7, 11) is 3.04. The standard InChI is InChI=1S/C20H18BrF2N7O2/c1-10(32-19-18(25)26-8-16(21)27-19)14-4-11(22)5-15(23)17(14)20(31)29(2)9-12-6-13(7-24)30(3)28-12/h4-6,8,10H,9H2,1-3H3,(H2,25,26)/t10-/m1/s1. The quantitative estimate of drug-likeness (QED) is 0.545. The summed E-state index contributed by atoms with van der Waals surface area (Å²) in [5.74, 6) is -2.71. The molecule has 0 saturated carbocycles. The van der Waals surface area contributed by atoms with Gasteiger partial charge in [0.25, 0.3) is 11.8 Å². The number of hydrogen-bond acceptors (Lipinski definition) is 7. The molecular weight excluding hydrogens is 488 g/mol. The second kappa shape index (κ2) is 9.27. The zero-order valence-electron chi connectivity index (χ0n) is 17.3. The van der Waals surface area contributed by atoms with Gasteiger partial charge in [0, 0.05) is 25.7 Å². The van der Waals surface area contributed by atoms with Crippen molar-refractivity contribution < 1.29 is 18.3 Å². The van der Waals surface area contributed by atoms with Gasteiger partial charge in [0.1, 0.15) is 34.1 Å². The maximum Gasteiger partial charge on any atom is 0.258 e. The fourth-order valence-electron chi connectivity index (χ4n) is 3.03. The highest BCUT2D eigenvalue weighted by molar-refractivity contribution is 9.10. The Morgan fingerprint density at radius 1 is 1.41 bits per heavy atom. The molecule has 2 heterocycles. The van der Waals surface area contributed by atoms with Crippen LogP contribution in [0.15, 0.2) is 29.0 Å². The molecule has 1 aromatic carbocycles. The molecule has 0 spiro atoms. The molecule has 2 aromatic heterocycles. The predicted molar refractivity (Wildman–Crippen MR) is 113 cm³/mol. The number of aromatic nitrogens is 4. The van der Waals surface area contributed by atoms with Crippen LogP contribution in [0, 0.1) is 23.0 Å². The SMILES string of the molecule is C[C@@H](Oc1nc(Br)cnc1N)c1cc(F)cc(F)c1C(=O)N(C)Cc1cc(C#N)n(C)n1. The number of benzene rings is 1. The number of rotatable bonds is 6. The molecule has 9 nitrogen and oxygen atoms in total. The van der Waals surface area contributed by atoms with Crippen molar-refractivity contribution in [3.8, 4) is 11.9 Å². The topological polar surface area (TPSA) is 123 Å². The summed E-state index contributed by atoms with van der Waals surface area (Å²) < 4.78 is 36.2. The van der Waals surface area contributed by atoms with Crippen LogP contribution < -0.4 is 10.5 Å². The van der Waals surface area contributed by atoms with Gasteiger partial charge >= 0.3 is 0 Å². The Kier molecular flexibility index (Phi) is 6.69. The van der Waals surface area contributed by atoms with Crippen LogP contribution in [-0.2, 0) is 13.6 Å². The minimum atomic E-state index is -1.04. The number of hydrogen-bond donors (Lipinski definition) is 1. The number of ether oxygens (including phenoxy) is 1. The highest BCUT2D eigenvalue weighted by Crippen LogP contribution is 2.29. The summed E-state index contributed by atoms with van der Waals surface area (Å²) in [5, 5.41) is 13.2. The van der Waals surface area contributed by atoms with E-state index in [0.29, 0.717) is 22.1 Å². The summed E-state index contributed by atoms with van der Waals surface area (Å²) in [5.41, 5.74) is 6.11. The molecule has 12 heteroatoms. The average Bonchev–Trinajstić information content (AvgIpc) is 3.08. The van der Waals surface area contributed by atoms with Crippen LogP contribution in [-0.4, -0.2) is 37.6 Å². The fraction of sp³-hybridized carbons (Fsp3) is 0.250.